The highest BCUT2D eigenvalue weighted by Crippen LogP contribution is 2.60. The van der Waals surface area contributed by atoms with Gasteiger partial charge in [-0.15, -0.1) is 0 Å². The summed E-state index contributed by atoms with van der Waals surface area (Å²) in [7, 11) is -14.3. The molecule has 0 saturated heterocycles. The Morgan fingerprint density at radius 2 is 0.429 bits per heavy atom. The van der Waals surface area contributed by atoms with Crippen LogP contribution in [0.15, 0.2) is 20.0 Å². The van der Waals surface area contributed by atoms with Crippen molar-refractivity contribution in [3.8, 4) is 0 Å². The molecule has 0 amide bonds. The van der Waals surface area contributed by atoms with E-state index in [9.17, 15) is 33.7 Å². The number of hydrogen-bond acceptors (Lipinski definition) is 16. The minimum absolute atomic E-state index is 0. The van der Waals surface area contributed by atoms with Crippen LogP contribution in [0, 0.1) is 71.0 Å². The number of aliphatic imine (C=N–C) groups is 4. The Morgan fingerprint density at radius 1 is 0.312 bits per heavy atom. The van der Waals surface area contributed by atoms with Gasteiger partial charge in [0.05, 0.1) is 45.2 Å². The standard InChI is InChI=1S/4C12H20N2O3S2.H2O/c4*13-11(7-18-19(15,16)17)14-12-4-8-1-9(5-12)3-10(2-8)6-12;/h4*8-10H,1-7H2,(H2,13,14)(H,15,16,17);1H2. The molecule has 16 aliphatic carbocycles. The topological polar surface area (TPSA) is 402 Å². The summed E-state index contributed by atoms with van der Waals surface area (Å²) in [6.07, 6.45) is 29.4. The SMILES string of the molecule is NC(CSS(=O)(=O)O)=NC12CC3CC(CC(C3)C1)C2.NC(CSS(=O)(=O)O)=NC12CC3CC(CC(C3)C1)C2.NC(CSS(=O)(=O)O)=NC12CC3CC(CC(C3)C1)C2.NC(CSS(=O)(=O)O)=NC12CC3CC(CC(C3)C1)C2.O. The van der Waals surface area contributed by atoms with Gasteiger partial charge in [0.15, 0.2) is 0 Å². The first-order valence-corrected chi connectivity index (χ1v) is 39.0. The van der Waals surface area contributed by atoms with Gasteiger partial charge in [0.25, 0.3) is 0 Å². The van der Waals surface area contributed by atoms with Crippen molar-refractivity contribution in [2.45, 2.75) is 176 Å². The van der Waals surface area contributed by atoms with Crippen LogP contribution in [0.2, 0.25) is 0 Å². The second-order valence-corrected chi connectivity index (χ2v) is 39.1. The molecule has 16 fully saturated rings. The van der Waals surface area contributed by atoms with Gasteiger partial charge in [-0.3, -0.25) is 38.2 Å². The predicted molar refractivity (Wildman–Crippen MR) is 310 cm³/mol. The van der Waals surface area contributed by atoms with Crippen LogP contribution in [-0.4, -0.2) is 126 Å². The van der Waals surface area contributed by atoms with E-state index in [4.69, 9.17) is 41.1 Å². The number of nitrogens with two attached hydrogens (primary N) is 4. The van der Waals surface area contributed by atoms with Crippen molar-refractivity contribution < 1.29 is 57.4 Å². The zero-order chi connectivity index (χ0) is 54.7. The van der Waals surface area contributed by atoms with Crippen LogP contribution in [0.3, 0.4) is 0 Å². The molecule has 0 unspecified atom stereocenters. The highest BCUT2D eigenvalue weighted by molar-refractivity contribution is 8.71. The van der Waals surface area contributed by atoms with E-state index in [0.29, 0.717) is 66.5 Å². The number of hydrogen-bond donors (Lipinski definition) is 8. The summed E-state index contributed by atoms with van der Waals surface area (Å²) in [6.45, 7) is 0. The average Bonchev–Trinajstić information content (AvgIpc) is 3.29. The van der Waals surface area contributed by atoms with Gasteiger partial charge < -0.3 is 28.4 Å². The van der Waals surface area contributed by atoms with Crippen molar-refractivity contribution in [3.05, 3.63) is 0 Å². The third-order valence-corrected chi connectivity index (χ3v) is 26.8. The summed E-state index contributed by atoms with van der Waals surface area (Å²) < 4.78 is 121. The van der Waals surface area contributed by atoms with Crippen molar-refractivity contribution in [2.24, 2.45) is 114 Å². The smallest absolute Gasteiger partial charge is 0.320 e. The van der Waals surface area contributed by atoms with Gasteiger partial charge in [-0.2, -0.15) is 33.7 Å². The highest BCUT2D eigenvalue weighted by Gasteiger charge is 2.54. The molecular formula is C48H82N8O13S8. The molecule has 0 spiro atoms. The van der Waals surface area contributed by atoms with Crippen LogP contribution in [0.5, 0.6) is 0 Å². The second kappa shape index (κ2) is 23.9. The molecule has 77 heavy (non-hydrogen) atoms. The van der Waals surface area contributed by atoms with Crippen molar-refractivity contribution in [3.63, 3.8) is 0 Å². The summed E-state index contributed by atoms with van der Waals surface area (Å²) >= 11 is 0. The van der Waals surface area contributed by atoms with Gasteiger partial charge in [0, 0.05) is 43.2 Å². The molecule has 0 aromatic heterocycles. The second-order valence-electron chi connectivity index (χ2n) is 25.7. The first kappa shape index (κ1) is 61.9. The highest BCUT2D eigenvalue weighted by atomic mass is 33.2. The lowest BCUT2D eigenvalue weighted by Crippen LogP contribution is -2.50. The maximum absolute atomic E-state index is 10.7. The van der Waals surface area contributed by atoms with Gasteiger partial charge in [0.1, 0.15) is 23.3 Å². The Labute approximate surface area is 470 Å². The molecule has 16 saturated carbocycles. The van der Waals surface area contributed by atoms with E-state index in [-0.39, 0.29) is 50.6 Å². The van der Waals surface area contributed by atoms with Gasteiger partial charge in [0.2, 0.25) is 0 Å². The molecular weight excluding hydrogens is 1150 g/mol. The Hall–Kier alpha value is -1.12. The normalized spacial score (nSPS) is 41.2. The van der Waals surface area contributed by atoms with Crippen molar-refractivity contribution >= 4 is 103 Å². The molecule has 0 atom stereocenters. The number of rotatable bonds is 16. The molecule has 440 valence electrons. The van der Waals surface area contributed by atoms with E-state index in [1.54, 1.807) is 0 Å². The molecule has 0 aliphatic heterocycles. The first-order valence-electron chi connectivity index (χ1n) is 27.2. The molecule has 29 heteroatoms. The maximum Gasteiger partial charge on any atom is 0.320 e. The maximum atomic E-state index is 10.7. The molecule has 0 radical (unpaired) electrons. The molecule has 14 N–H and O–H groups in total. The number of amidine groups is 4. The van der Waals surface area contributed by atoms with Crippen LogP contribution in [0.4, 0.5) is 0 Å². The fraction of sp³-hybridized carbons (Fsp3) is 0.917. The molecule has 0 aromatic carbocycles. The minimum atomic E-state index is -4.03. The summed E-state index contributed by atoms with van der Waals surface area (Å²) in [5.74, 6) is 11.1. The number of nitrogens with zero attached hydrogens (tertiary/aromatic N) is 4. The zero-order valence-electron chi connectivity index (χ0n) is 43.6. The first-order chi connectivity index (χ1) is 35.3. The van der Waals surface area contributed by atoms with Crippen molar-refractivity contribution in [1.29, 1.82) is 0 Å². The van der Waals surface area contributed by atoms with E-state index in [0.717, 1.165) is 148 Å². The van der Waals surface area contributed by atoms with Crippen LogP contribution in [0.25, 0.3) is 0 Å². The summed E-state index contributed by atoms with van der Waals surface area (Å²) in [4.78, 5) is 18.7. The molecule has 0 heterocycles. The monoisotopic (exact) mass is 1230 g/mol. The fourth-order valence-corrected chi connectivity index (χ4v) is 23.3. The van der Waals surface area contributed by atoms with Gasteiger partial charge in [-0.05, 0) is 225 Å². The lowest BCUT2D eigenvalue weighted by atomic mass is 9.53. The third-order valence-electron chi connectivity index (χ3n) is 19.0. The van der Waals surface area contributed by atoms with Crippen molar-refractivity contribution in [2.75, 3.05) is 23.0 Å². The van der Waals surface area contributed by atoms with Gasteiger partial charge in [-0.25, -0.2) is 0 Å². The fourth-order valence-electron chi connectivity index (χ4n) is 18.7. The Bertz CT molecular complexity index is 2230. The van der Waals surface area contributed by atoms with E-state index < -0.39 is 36.6 Å². The third kappa shape index (κ3) is 17.5. The predicted octanol–water partition coefficient (Wildman–Crippen LogP) is 6.57. The van der Waals surface area contributed by atoms with E-state index in [1.165, 1.54) is 77.0 Å². The van der Waals surface area contributed by atoms with Gasteiger partial charge in [-0.1, -0.05) is 0 Å². The molecule has 16 aliphatic rings. The van der Waals surface area contributed by atoms with Gasteiger partial charge >= 0.3 is 36.6 Å². The summed E-state index contributed by atoms with van der Waals surface area (Å²) in [6, 6.07) is 0. The van der Waals surface area contributed by atoms with Crippen LogP contribution in [-0.2, 0) is 36.6 Å². The van der Waals surface area contributed by atoms with Crippen molar-refractivity contribution in [1.82, 2.24) is 0 Å². The molecule has 16 bridgehead atoms. The summed E-state index contributed by atoms with van der Waals surface area (Å²) in [5, 5.41) is 0. The molecule has 16 rings (SSSR count). The van der Waals surface area contributed by atoms with E-state index in [2.05, 4.69) is 20.0 Å². The summed E-state index contributed by atoms with van der Waals surface area (Å²) in [5.41, 5.74) is 23.3. The van der Waals surface area contributed by atoms with Crippen LogP contribution < -0.4 is 22.9 Å². The zero-order valence-corrected chi connectivity index (χ0v) is 50.2. The molecule has 21 nitrogen and oxygen atoms in total. The lowest BCUT2D eigenvalue weighted by molar-refractivity contribution is 0.00144. The van der Waals surface area contributed by atoms with Crippen LogP contribution >= 0.6 is 43.2 Å². The van der Waals surface area contributed by atoms with E-state index in [1.807, 2.05) is 0 Å². The Balaban J connectivity index is 0.000000135. The largest absolute Gasteiger partial charge is 0.412 e. The lowest BCUT2D eigenvalue weighted by Gasteiger charge is -2.55. The van der Waals surface area contributed by atoms with E-state index >= 15 is 0 Å². The van der Waals surface area contributed by atoms with Crippen LogP contribution in [0.1, 0.15) is 154 Å². The molecule has 0 aromatic rings. The Kier molecular flexibility index (Phi) is 19.2. The quantitative estimate of drug-likeness (QED) is 0.0350. The minimum Gasteiger partial charge on any atom is -0.412 e. The Morgan fingerprint density at radius 3 is 0.532 bits per heavy atom. The average molecular weight is 1240 g/mol.